The molecular weight excluding hydrogens is 218 g/mol. The number of anilines is 1. The normalized spacial score (nSPS) is 15.2. The Morgan fingerprint density at radius 3 is 2.94 bits per heavy atom. The maximum absolute atomic E-state index is 5.81. The number of nitrogens with two attached hydrogens (primary N) is 1. The molecule has 2 aromatic rings. The zero-order valence-electron chi connectivity index (χ0n) is 8.89. The van der Waals surface area contributed by atoms with Crippen molar-refractivity contribution >= 4 is 17.2 Å². The maximum Gasteiger partial charge on any atom is 0.134 e. The van der Waals surface area contributed by atoms with Crippen LogP contribution in [0.2, 0.25) is 0 Å². The van der Waals surface area contributed by atoms with Gasteiger partial charge < -0.3 is 5.73 Å². The third-order valence-corrected chi connectivity index (χ3v) is 3.46. The second-order valence-electron chi connectivity index (χ2n) is 4.22. The third-order valence-electron chi connectivity index (χ3n) is 2.72. The highest BCUT2D eigenvalue weighted by molar-refractivity contribution is 7.07. The summed E-state index contributed by atoms with van der Waals surface area (Å²) >= 11 is 1.71. The average molecular weight is 231 g/mol. The third kappa shape index (κ3) is 2.07. The fraction of sp³-hybridized carbons (Fsp3) is 0.333. The van der Waals surface area contributed by atoms with Gasteiger partial charge in [-0.05, 0) is 35.2 Å². The van der Waals surface area contributed by atoms with E-state index in [2.05, 4.69) is 26.8 Å². The van der Waals surface area contributed by atoms with E-state index in [9.17, 15) is 0 Å². The van der Waals surface area contributed by atoms with Crippen molar-refractivity contribution in [2.45, 2.75) is 25.2 Å². The van der Waals surface area contributed by atoms with Crippen molar-refractivity contribution in [2.24, 2.45) is 0 Å². The van der Waals surface area contributed by atoms with Gasteiger partial charge in [0, 0.05) is 18.4 Å². The molecule has 0 unspecified atom stereocenters. The summed E-state index contributed by atoms with van der Waals surface area (Å²) in [6.45, 7) is 0. The van der Waals surface area contributed by atoms with Crippen LogP contribution in [0.5, 0.6) is 0 Å². The summed E-state index contributed by atoms with van der Waals surface area (Å²) in [5.74, 6) is 2.09. The van der Waals surface area contributed by atoms with E-state index < -0.39 is 0 Å². The number of nitrogens with zero attached hydrogens (tertiary/aromatic N) is 2. The van der Waals surface area contributed by atoms with Crippen molar-refractivity contribution in [3.05, 3.63) is 40.0 Å². The first-order chi connectivity index (χ1) is 7.81. The van der Waals surface area contributed by atoms with Crippen molar-refractivity contribution in [3.63, 3.8) is 0 Å². The molecule has 0 radical (unpaired) electrons. The van der Waals surface area contributed by atoms with Crippen LogP contribution >= 0.6 is 11.3 Å². The molecule has 1 aliphatic carbocycles. The summed E-state index contributed by atoms with van der Waals surface area (Å²) in [4.78, 5) is 8.88. The van der Waals surface area contributed by atoms with E-state index in [4.69, 9.17) is 5.73 Å². The quantitative estimate of drug-likeness (QED) is 0.883. The molecule has 0 bridgehead atoms. The monoisotopic (exact) mass is 231 g/mol. The Morgan fingerprint density at radius 2 is 2.25 bits per heavy atom. The van der Waals surface area contributed by atoms with Crippen molar-refractivity contribution in [1.82, 2.24) is 9.97 Å². The molecule has 3 nitrogen and oxygen atoms in total. The predicted molar refractivity (Wildman–Crippen MR) is 65.5 cm³/mol. The molecule has 82 valence electrons. The molecule has 0 atom stereocenters. The van der Waals surface area contributed by atoms with Gasteiger partial charge in [0.15, 0.2) is 0 Å². The van der Waals surface area contributed by atoms with Gasteiger partial charge in [-0.2, -0.15) is 11.3 Å². The second-order valence-corrected chi connectivity index (χ2v) is 5.01. The number of rotatable bonds is 3. The van der Waals surface area contributed by atoms with Gasteiger partial charge in [-0.1, -0.05) is 0 Å². The standard InChI is InChI=1S/C12H13N3S/c13-11-6-10(5-8-3-4-16-7-8)14-12(15-11)9-1-2-9/h3-4,6-7,9H,1-2,5H2,(H2,13,14,15). The van der Waals surface area contributed by atoms with Gasteiger partial charge in [-0.15, -0.1) is 0 Å². The summed E-state index contributed by atoms with van der Waals surface area (Å²) in [6, 6.07) is 4.00. The lowest BCUT2D eigenvalue weighted by Gasteiger charge is -2.03. The minimum absolute atomic E-state index is 0.560. The Kier molecular flexibility index (Phi) is 2.36. The number of hydrogen-bond acceptors (Lipinski definition) is 4. The minimum Gasteiger partial charge on any atom is -0.384 e. The van der Waals surface area contributed by atoms with Crippen LogP contribution in [0, 0.1) is 0 Å². The zero-order valence-corrected chi connectivity index (χ0v) is 9.70. The van der Waals surface area contributed by atoms with Crippen LogP contribution in [0.4, 0.5) is 5.82 Å². The maximum atomic E-state index is 5.81. The molecule has 2 heterocycles. The van der Waals surface area contributed by atoms with Gasteiger partial charge in [0.1, 0.15) is 11.6 Å². The molecule has 1 fully saturated rings. The molecule has 0 spiro atoms. The lowest BCUT2D eigenvalue weighted by atomic mass is 10.2. The first-order valence-corrected chi connectivity index (χ1v) is 6.40. The molecule has 0 amide bonds. The van der Waals surface area contributed by atoms with E-state index >= 15 is 0 Å². The predicted octanol–water partition coefficient (Wildman–Crippen LogP) is 2.59. The Labute approximate surface area is 98.4 Å². The summed E-state index contributed by atoms with van der Waals surface area (Å²) in [5.41, 5.74) is 8.14. The molecule has 0 saturated heterocycles. The molecule has 4 heteroatoms. The van der Waals surface area contributed by atoms with Gasteiger partial charge in [0.2, 0.25) is 0 Å². The molecule has 2 aromatic heterocycles. The lowest BCUT2D eigenvalue weighted by molar-refractivity contribution is 0.893. The summed E-state index contributed by atoms with van der Waals surface area (Å²) in [7, 11) is 0. The Morgan fingerprint density at radius 1 is 1.38 bits per heavy atom. The number of hydrogen-bond donors (Lipinski definition) is 1. The number of nitrogen functional groups attached to an aromatic ring is 1. The largest absolute Gasteiger partial charge is 0.384 e. The van der Waals surface area contributed by atoms with E-state index in [1.54, 1.807) is 11.3 Å². The molecule has 16 heavy (non-hydrogen) atoms. The van der Waals surface area contributed by atoms with Crippen LogP contribution in [0.25, 0.3) is 0 Å². The first kappa shape index (κ1) is 9.78. The van der Waals surface area contributed by atoms with E-state index in [-0.39, 0.29) is 0 Å². The topological polar surface area (TPSA) is 51.8 Å². The highest BCUT2D eigenvalue weighted by Crippen LogP contribution is 2.38. The highest BCUT2D eigenvalue weighted by Gasteiger charge is 2.27. The smallest absolute Gasteiger partial charge is 0.134 e. The Hall–Kier alpha value is -1.42. The van der Waals surface area contributed by atoms with Crippen LogP contribution in [0.1, 0.15) is 35.8 Å². The number of thiophene rings is 1. The summed E-state index contributed by atoms with van der Waals surface area (Å²) < 4.78 is 0. The van der Waals surface area contributed by atoms with Crippen molar-refractivity contribution in [2.75, 3.05) is 5.73 Å². The van der Waals surface area contributed by atoms with E-state index in [1.165, 1.54) is 18.4 Å². The van der Waals surface area contributed by atoms with E-state index in [0.717, 1.165) is 17.9 Å². The van der Waals surface area contributed by atoms with E-state index in [1.807, 2.05) is 6.07 Å². The lowest BCUT2D eigenvalue weighted by Crippen LogP contribution is -2.02. The van der Waals surface area contributed by atoms with E-state index in [0.29, 0.717) is 11.7 Å². The highest BCUT2D eigenvalue weighted by atomic mass is 32.1. The fourth-order valence-electron chi connectivity index (χ4n) is 1.76. The van der Waals surface area contributed by atoms with Gasteiger partial charge in [0.05, 0.1) is 5.69 Å². The average Bonchev–Trinajstić information content (AvgIpc) is 2.98. The van der Waals surface area contributed by atoms with Crippen LogP contribution in [-0.2, 0) is 6.42 Å². The van der Waals surface area contributed by atoms with Crippen molar-refractivity contribution < 1.29 is 0 Å². The van der Waals surface area contributed by atoms with Crippen molar-refractivity contribution in [3.8, 4) is 0 Å². The van der Waals surface area contributed by atoms with Crippen molar-refractivity contribution in [1.29, 1.82) is 0 Å². The van der Waals surface area contributed by atoms with Gasteiger partial charge in [0.25, 0.3) is 0 Å². The van der Waals surface area contributed by atoms with Crippen LogP contribution in [0.15, 0.2) is 22.9 Å². The van der Waals surface area contributed by atoms with Gasteiger partial charge in [-0.3, -0.25) is 0 Å². The summed E-state index contributed by atoms with van der Waals surface area (Å²) in [6.07, 6.45) is 3.28. The molecular formula is C12H13N3S. The molecule has 2 N–H and O–H groups in total. The van der Waals surface area contributed by atoms with Gasteiger partial charge >= 0.3 is 0 Å². The van der Waals surface area contributed by atoms with Gasteiger partial charge in [-0.25, -0.2) is 9.97 Å². The second kappa shape index (κ2) is 3.87. The zero-order chi connectivity index (χ0) is 11.0. The number of aromatic nitrogens is 2. The molecule has 0 aromatic carbocycles. The molecule has 0 aliphatic heterocycles. The molecule has 1 saturated carbocycles. The van der Waals surface area contributed by atoms with Crippen LogP contribution < -0.4 is 5.73 Å². The SMILES string of the molecule is Nc1cc(Cc2ccsc2)nc(C2CC2)n1. The fourth-order valence-corrected chi connectivity index (χ4v) is 2.43. The first-order valence-electron chi connectivity index (χ1n) is 5.45. The summed E-state index contributed by atoms with van der Waals surface area (Å²) in [5, 5.41) is 4.23. The minimum atomic E-state index is 0.560. The molecule has 3 rings (SSSR count). The Balaban J connectivity index is 1.88. The van der Waals surface area contributed by atoms with Crippen LogP contribution in [0.3, 0.4) is 0 Å². The van der Waals surface area contributed by atoms with Crippen LogP contribution in [-0.4, -0.2) is 9.97 Å². The Bertz CT molecular complexity index is 489. The molecule has 1 aliphatic rings.